The molecule has 0 spiro atoms. The van der Waals surface area contributed by atoms with Crippen molar-refractivity contribution in [3.63, 3.8) is 0 Å². The van der Waals surface area contributed by atoms with Gasteiger partial charge in [0.1, 0.15) is 12.4 Å². The molecule has 0 saturated carbocycles. The van der Waals surface area contributed by atoms with E-state index in [1.807, 2.05) is 37.6 Å². The molecule has 2 aromatic rings. The lowest BCUT2D eigenvalue weighted by Gasteiger charge is -2.20. The fourth-order valence-electron chi connectivity index (χ4n) is 2.60. The van der Waals surface area contributed by atoms with Gasteiger partial charge in [-0.3, -0.25) is 0 Å². The number of nitrogens with one attached hydrogen (secondary N) is 2. The summed E-state index contributed by atoms with van der Waals surface area (Å²) in [6, 6.07) is 8.13. The van der Waals surface area contributed by atoms with Crippen LogP contribution in [0.3, 0.4) is 0 Å². The maximum Gasteiger partial charge on any atom is 0.191 e. The summed E-state index contributed by atoms with van der Waals surface area (Å²) in [5.41, 5.74) is 2.24. The van der Waals surface area contributed by atoms with Crippen LogP contribution in [0.25, 0.3) is 0 Å². The quantitative estimate of drug-likeness (QED) is 0.535. The Labute approximate surface area is 161 Å². The molecule has 1 atom stereocenters. The Kier molecular flexibility index (Phi) is 6.96. The Morgan fingerprint density at radius 3 is 2.37 bits per heavy atom. The van der Waals surface area contributed by atoms with Crippen molar-refractivity contribution in [3.05, 3.63) is 47.0 Å². The number of aliphatic hydroxyl groups excluding tert-OH is 1. The minimum Gasteiger partial charge on any atom is -0.387 e. The standard InChI is InChI=1S/C20H32N6O/c1-7-21-19(23-13-18-25-24-14(2)26(18)6)22-12-17(27)15-8-10-16(11-9-15)20(3,4)5/h8-11,17,27H,7,12-13H2,1-6H3,(H2,21,22,23). The zero-order valence-electron chi connectivity index (χ0n) is 17.2. The van der Waals surface area contributed by atoms with E-state index in [4.69, 9.17) is 0 Å². The van der Waals surface area contributed by atoms with Crippen molar-refractivity contribution >= 4 is 5.96 Å². The van der Waals surface area contributed by atoms with Crippen LogP contribution in [-0.4, -0.2) is 38.9 Å². The van der Waals surface area contributed by atoms with Crippen molar-refractivity contribution in [1.29, 1.82) is 0 Å². The van der Waals surface area contributed by atoms with Gasteiger partial charge >= 0.3 is 0 Å². The molecule has 0 radical (unpaired) electrons. The molecule has 3 N–H and O–H groups in total. The highest BCUT2D eigenvalue weighted by molar-refractivity contribution is 5.79. The molecule has 1 unspecified atom stereocenters. The van der Waals surface area contributed by atoms with E-state index in [1.165, 1.54) is 5.56 Å². The summed E-state index contributed by atoms with van der Waals surface area (Å²) in [6.45, 7) is 12.0. The molecule has 0 aliphatic heterocycles. The molecule has 0 fully saturated rings. The fraction of sp³-hybridized carbons (Fsp3) is 0.550. The minimum atomic E-state index is -0.611. The second-order valence-corrected chi connectivity index (χ2v) is 7.69. The molecule has 1 aromatic carbocycles. The molecular formula is C20H32N6O. The first kappa shape index (κ1) is 20.9. The van der Waals surface area contributed by atoms with E-state index in [2.05, 4.69) is 58.7 Å². The Balaban J connectivity index is 1.98. The first-order valence-electron chi connectivity index (χ1n) is 9.38. The lowest BCUT2D eigenvalue weighted by Crippen LogP contribution is -2.39. The van der Waals surface area contributed by atoms with Gasteiger partial charge in [0.15, 0.2) is 11.8 Å². The smallest absolute Gasteiger partial charge is 0.191 e. The molecule has 7 heteroatoms. The second-order valence-electron chi connectivity index (χ2n) is 7.69. The SMILES string of the molecule is CCNC(=NCc1nnc(C)n1C)NCC(O)c1ccc(C(C)(C)C)cc1. The number of nitrogens with zero attached hydrogens (tertiary/aromatic N) is 4. The van der Waals surface area contributed by atoms with Crippen LogP contribution in [0.2, 0.25) is 0 Å². The average molecular weight is 373 g/mol. The molecule has 0 aliphatic rings. The predicted octanol–water partition coefficient (Wildman–Crippen LogP) is 2.21. The van der Waals surface area contributed by atoms with E-state index in [0.717, 1.165) is 23.8 Å². The van der Waals surface area contributed by atoms with Crippen LogP contribution < -0.4 is 10.6 Å². The first-order valence-corrected chi connectivity index (χ1v) is 9.38. The number of hydrogen-bond donors (Lipinski definition) is 3. The summed E-state index contributed by atoms with van der Waals surface area (Å²) in [5.74, 6) is 2.29. The van der Waals surface area contributed by atoms with E-state index in [9.17, 15) is 5.11 Å². The highest BCUT2D eigenvalue weighted by Crippen LogP contribution is 2.23. The van der Waals surface area contributed by atoms with E-state index >= 15 is 0 Å². The third kappa shape index (κ3) is 5.79. The zero-order chi connectivity index (χ0) is 20.0. The summed E-state index contributed by atoms with van der Waals surface area (Å²) >= 11 is 0. The summed E-state index contributed by atoms with van der Waals surface area (Å²) in [4.78, 5) is 4.53. The summed E-state index contributed by atoms with van der Waals surface area (Å²) in [5, 5.41) is 25.0. The molecule has 2 rings (SSSR count). The Hall–Kier alpha value is -2.41. The van der Waals surface area contributed by atoms with Gasteiger partial charge in [-0.05, 0) is 30.4 Å². The van der Waals surface area contributed by atoms with Crippen molar-refractivity contribution in [3.8, 4) is 0 Å². The van der Waals surface area contributed by atoms with Crippen molar-refractivity contribution < 1.29 is 5.11 Å². The van der Waals surface area contributed by atoms with Gasteiger partial charge in [-0.1, -0.05) is 45.0 Å². The molecule has 0 amide bonds. The van der Waals surface area contributed by atoms with Gasteiger partial charge in [-0.2, -0.15) is 0 Å². The minimum absolute atomic E-state index is 0.102. The molecule has 148 valence electrons. The summed E-state index contributed by atoms with van der Waals surface area (Å²) < 4.78 is 1.92. The topological polar surface area (TPSA) is 87.4 Å². The highest BCUT2D eigenvalue weighted by Gasteiger charge is 2.15. The van der Waals surface area contributed by atoms with Crippen molar-refractivity contribution in [2.45, 2.75) is 52.7 Å². The summed E-state index contributed by atoms with van der Waals surface area (Å²) in [6.07, 6.45) is -0.611. The highest BCUT2D eigenvalue weighted by atomic mass is 16.3. The third-order valence-electron chi connectivity index (χ3n) is 4.53. The number of aliphatic hydroxyl groups is 1. The Morgan fingerprint density at radius 2 is 1.85 bits per heavy atom. The summed E-state index contributed by atoms with van der Waals surface area (Å²) in [7, 11) is 1.92. The number of hydrogen-bond acceptors (Lipinski definition) is 4. The van der Waals surface area contributed by atoms with E-state index < -0.39 is 6.10 Å². The van der Waals surface area contributed by atoms with Crippen LogP contribution in [-0.2, 0) is 19.0 Å². The Morgan fingerprint density at radius 1 is 1.19 bits per heavy atom. The van der Waals surface area contributed by atoms with Crippen LogP contribution in [0.15, 0.2) is 29.3 Å². The van der Waals surface area contributed by atoms with Gasteiger partial charge < -0.3 is 20.3 Å². The largest absolute Gasteiger partial charge is 0.387 e. The molecule has 27 heavy (non-hydrogen) atoms. The van der Waals surface area contributed by atoms with E-state index in [1.54, 1.807) is 0 Å². The molecule has 1 aromatic heterocycles. The van der Waals surface area contributed by atoms with Gasteiger partial charge in [0.05, 0.1) is 6.10 Å². The van der Waals surface area contributed by atoms with Crippen molar-refractivity contribution in [2.75, 3.05) is 13.1 Å². The maximum absolute atomic E-state index is 10.5. The molecule has 0 aliphatic carbocycles. The molecule has 1 heterocycles. The lowest BCUT2D eigenvalue weighted by atomic mass is 9.86. The lowest BCUT2D eigenvalue weighted by molar-refractivity contribution is 0.181. The Bertz CT molecular complexity index is 758. The number of aromatic nitrogens is 3. The van der Waals surface area contributed by atoms with Crippen LogP contribution in [0, 0.1) is 6.92 Å². The third-order valence-corrected chi connectivity index (χ3v) is 4.53. The van der Waals surface area contributed by atoms with E-state index in [-0.39, 0.29) is 5.41 Å². The number of aliphatic imine (C=N–C) groups is 1. The van der Waals surface area contributed by atoms with Crippen LogP contribution in [0.1, 0.15) is 56.6 Å². The van der Waals surface area contributed by atoms with Crippen LogP contribution in [0.4, 0.5) is 0 Å². The van der Waals surface area contributed by atoms with Crippen molar-refractivity contribution in [2.24, 2.45) is 12.0 Å². The van der Waals surface area contributed by atoms with Crippen molar-refractivity contribution in [1.82, 2.24) is 25.4 Å². The van der Waals surface area contributed by atoms with Crippen LogP contribution in [0.5, 0.6) is 0 Å². The molecular weight excluding hydrogens is 340 g/mol. The average Bonchev–Trinajstić information content (AvgIpc) is 2.95. The van der Waals surface area contributed by atoms with E-state index in [0.29, 0.717) is 19.0 Å². The van der Waals surface area contributed by atoms with Crippen LogP contribution >= 0.6 is 0 Å². The fourth-order valence-corrected chi connectivity index (χ4v) is 2.60. The predicted molar refractivity (Wildman–Crippen MR) is 109 cm³/mol. The monoisotopic (exact) mass is 372 g/mol. The van der Waals surface area contributed by atoms with Gasteiger partial charge in [-0.25, -0.2) is 4.99 Å². The number of rotatable bonds is 6. The molecule has 0 saturated heterocycles. The number of guanidine groups is 1. The number of benzene rings is 1. The second kappa shape index (κ2) is 8.99. The van der Waals surface area contributed by atoms with Gasteiger partial charge in [0.2, 0.25) is 0 Å². The van der Waals surface area contributed by atoms with Gasteiger partial charge in [0.25, 0.3) is 0 Å². The molecule has 7 nitrogen and oxygen atoms in total. The number of aryl methyl sites for hydroxylation is 1. The molecule has 0 bridgehead atoms. The van der Waals surface area contributed by atoms with Gasteiger partial charge in [0, 0.05) is 20.1 Å². The normalized spacial score (nSPS) is 13.5. The first-order chi connectivity index (χ1) is 12.7. The zero-order valence-corrected chi connectivity index (χ0v) is 17.2. The maximum atomic E-state index is 10.5. The van der Waals surface area contributed by atoms with Gasteiger partial charge in [-0.15, -0.1) is 10.2 Å².